The Morgan fingerprint density at radius 1 is 1.11 bits per heavy atom. The van der Waals surface area contributed by atoms with E-state index in [0.717, 1.165) is 0 Å². The first-order valence-electron chi connectivity index (χ1n) is 6.16. The van der Waals surface area contributed by atoms with Gasteiger partial charge in [-0.15, -0.1) is 0 Å². The van der Waals surface area contributed by atoms with Gasteiger partial charge in [0.2, 0.25) is 0 Å². The van der Waals surface area contributed by atoms with Gasteiger partial charge in [0, 0.05) is 11.8 Å². The molecule has 0 aliphatic rings. The fourth-order valence-electron chi connectivity index (χ4n) is 1.61. The molecule has 0 amide bonds. The van der Waals surface area contributed by atoms with E-state index >= 15 is 0 Å². The molecule has 0 radical (unpaired) electrons. The third kappa shape index (κ3) is 3.16. The third-order valence-corrected chi connectivity index (χ3v) is 2.56. The van der Waals surface area contributed by atoms with E-state index in [1.807, 2.05) is 13.8 Å². The molecular weight excluding hydrogens is 242 g/mol. The Bertz CT molecular complexity index is 567. The number of pyridine rings is 1. The molecule has 1 aromatic heterocycles. The van der Waals surface area contributed by atoms with Crippen molar-refractivity contribution in [1.82, 2.24) is 4.98 Å². The van der Waals surface area contributed by atoms with Crippen LogP contribution in [0.3, 0.4) is 0 Å². The van der Waals surface area contributed by atoms with E-state index in [4.69, 9.17) is 9.47 Å². The summed E-state index contributed by atoms with van der Waals surface area (Å²) in [5.41, 5.74) is 0.670. The lowest BCUT2D eigenvalue weighted by molar-refractivity contribution is 0.231. The predicted molar refractivity (Wildman–Crippen MR) is 72.9 cm³/mol. The molecule has 19 heavy (non-hydrogen) atoms. The molecule has 2 rings (SSSR count). The topological polar surface area (TPSA) is 51.6 Å². The highest BCUT2D eigenvalue weighted by Gasteiger charge is 2.11. The molecule has 0 fully saturated rings. The minimum absolute atomic E-state index is 0.0387. The molecule has 4 nitrogen and oxygen atoms in total. The molecule has 0 spiro atoms. The van der Waals surface area contributed by atoms with E-state index in [9.17, 15) is 5.11 Å². The fraction of sp³-hybridized carbons (Fsp3) is 0.267. The number of phenolic OH excluding ortho intramolecular Hbond substituents is 1. The quantitative estimate of drug-likeness (QED) is 0.910. The Morgan fingerprint density at radius 3 is 2.58 bits per heavy atom. The molecule has 0 saturated heterocycles. The molecule has 0 bridgehead atoms. The summed E-state index contributed by atoms with van der Waals surface area (Å²) in [6, 6.07) is 8.72. The first-order chi connectivity index (χ1) is 9.08. The van der Waals surface area contributed by atoms with E-state index in [2.05, 4.69) is 4.98 Å². The van der Waals surface area contributed by atoms with Crippen LogP contribution in [0.1, 0.15) is 19.4 Å². The van der Waals surface area contributed by atoms with Crippen LogP contribution in [0, 0.1) is 6.92 Å². The van der Waals surface area contributed by atoms with Crippen molar-refractivity contribution in [2.75, 3.05) is 0 Å². The van der Waals surface area contributed by atoms with Crippen LogP contribution < -0.4 is 9.47 Å². The molecule has 0 aliphatic carbocycles. The average molecular weight is 259 g/mol. The number of phenols is 1. The van der Waals surface area contributed by atoms with Crippen LogP contribution in [0.5, 0.6) is 23.1 Å². The Kier molecular flexibility index (Phi) is 3.90. The summed E-state index contributed by atoms with van der Waals surface area (Å²) in [5, 5.41) is 9.66. The number of aromatic hydroxyl groups is 1. The summed E-state index contributed by atoms with van der Waals surface area (Å²) < 4.78 is 11.4. The zero-order valence-electron chi connectivity index (χ0n) is 11.3. The van der Waals surface area contributed by atoms with Crippen LogP contribution in [0.25, 0.3) is 0 Å². The largest absolute Gasteiger partial charge is 0.508 e. The lowest BCUT2D eigenvalue weighted by Crippen LogP contribution is -2.07. The SMILES string of the molecule is Cc1c(O)cccc1Oc1ncccc1OC(C)C. The van der Waals surface area contributed by atoms with Crippen LogP contribution in [0.4, 0.5) is 0 Å². The molecular formula is C15H17NO3. The highest BCUT2D eigenvalue weighted by Crippen LogP contribution is 2.33. The van der Waals surface area contributed by atoms with E-state index in [1.165, 1.54) is 0 Å². The molecule has 0 atom stereocenters. The van der Waals surface area contributed by atoms with Gasteiger partial charge in [-0.3, -0.25) is 0 Å². The highest BCUT2D eigenvalue weighted by molar-refractivity contribution is 5.46. The van der Waals surface area contributed by atoms with Gasteiger partial charge in [0.15, 0.2) is 5.75 Å². The maximum absolute atomic E-state index is 9.66. The van der Waals surface area contributed by atoms with Crippen molar-refractivity contribution in [3.63, 3.8) is 0 Å². The first-order valence-corrected chi connectivity index (χ1v) is 6.16. The smallest absolute Gasteiger partial charge is 0.262 e. The van der Waals surface area contributed by atoms with Crippen molar-refractivity contribution in [1.29, 1.82) is 0 Å². The summed E-state index contributed by atoms with van der Waals surface area (Å²) in [4.78, 5) is 4.17. The molecule has 1 aromatic carbocycles. The summed E-state index contributed by atoms with van der Waals surface area (Å²) in [7, 11) is 0. The molecule has 0 aliphatic heterocycles. The monoisotopic (exact) mass is 259 g/mol. The minimum Gasteiger partial charge on any atom is -0.508 e. The molecule has 0 saturated carbocycles. The molecule has 1 N–H and O–H groups in total. The summed E-state index contributed by atoms with van der Waals surface area (Å²) >= 11 is 0. The van der Waals surface area contributed by atoms with Crippen LogP contribution in [-0.4, -0.2) is 16.2 Å². The maximum Gasteiger partial charge on any atom is 0.262 e. The summed E-state index contributed by atoms with van der Waals surface area (Å²) in [6.07, 6.45) is 1.68. The van der Waals surface area contributed by atoms with E-state index in [1.54, 1.807) is 43.5 Å². The number of rotatable bonds is 4. The molecule has 4 heteroatoms. The van der Waals surface area contributed by atoms with Gasteiger partial charge in [-0.05, 0) is 45.0 Å². The van der Waals surface area contributed by atoms with E-state index in [-0.39, 0.29) is 11.9 Å². The standard InChI is InChI=1S/C15H17NO3/c1-10(2)18-14-8-5-9-16-15(14)19-13-7-4-6-12(17)11(13)3/h4-10,17H,1-3H3. The Balaban J connectivity index is 2.30. The fourth-order valence-corrected chi connectivity index (χ4v) is 1.61. The van der Waals surface area contributed by atoms with Crippen molar-refractivity contribution in [2.24, 2.45) is 0 Å². The number of benzene rings is 1. The Hall–Kier alpha value is -2.23. The van der Waals surface area contributed by atoms with Crippen molar-refractivity contribution in [2.45, 2.75) is 26.9 Å². The lowest BCUT2D eigenvalue weighted by atomic mass is 10.2. The first kappa shape index (κ1) is 13.2. The lowest BCUT2D eigenvalue weighted by Gasteiger charge is -2.14. The van der Waals surface area contributed by atoms with Gasteiger partial charge < -0.3 is 14.6 Å². The van der Waals surface area contributed by atoms with E-state index < -0.39 is 0 Å². The van der Waals surface area contributed by atoms with Gasteiger partial charge in [0.1, 0.15) is 11.5 Å². The predicted octanol–water partition coefficient (Wildman–Crippen LogP) is 3.68. The Morgan fingerprint density at radius 2 is 1.84 bits per heavy atom. The van der Waals surface area contributed by atoms with Crippen LogP contribution in [-0.2, 0) is 0 Å². The Labute approximate surface area is 112 Å². The molecule has 2 aromatic rings. The van der Waals surface area contributed by atoms with Crippen molar-refractivity contribution < 1.29 is 14.6 Å². The highest BCUT2D eigenvalue weighted by atomic mass is 16.5. The number of ether oxygens (including phenoxy) is 2. The normalized spacial score (nSPS) is 10.5. The van der Waals surface area contributed by atoms with Gasteiger partial charge in [-0.2, -0.15) is 0 Å². The van der Waals surface area contributed by atoms with Crippen molar-refractivity contribution >= 4 is 0 Å². The second kappa shape index (κ2) is 5.61. The zero-order chi connectivity index (χ0) is 13.8. The number of nitrogens with zero attached hydrogens (tertiary/aromatic N) is 1. The summed E-state index contributed by atoms with van der Waals surface area (Å²) in [6.45, 7) is 5.67. The van der Waals surface area contributed by atoms with Gasteiger partial charge >= 0.3 is 0 Å². The van der Waals surface area contributed by atoms with Gasteiger partial charge in [0.05, 0.1) is 6.10 Å². The van der Waals surface area contributed by atoms with Gasteiger partial charge in [-0.25, -0.2) is 4.98 Å². The van der Waals surface area contributed by atoms with Crippen LogP contribution in [0.15, 0.2) is 36.5 Å². The second-order valence-corrected chi connectivity index (χ2v) is 4.48. The zero-order valence-corrected chi connectivity index (χ0v) is 11.3. The molecule has 1 heterocycles. The van der Waals surface area contributed by atoms with E-state index in [0.29, 0.717) is 22.9 Å². The minimum atomic E-state index is 0.0387. The molecule has 100 valence electrons. The van der Waals surface area contributed by atoms with Gasteiger partial charge in [0.25, 0.3) is 5.88 Å². The van der Waals surface area contributed by atoms with Crippen molar-refractivity contribution in [3.8, 4) is 23.1 Å². The number of hydrogen-bond donors (Lipinski definition) is 1. The number of aromatic nitrogens is 1. The average Bonchev–Trinajstić information content (AvgIpc) is 2.36. The van der Waals surface area contributed by atoms with Crippen LogP contribution >= 0.6 is 0 Å². The maximum atomic E-state index is 9.66. The number of hydrogen-bond acceptors (Lipinski definition) is 4. The van der Waals surface area contributed by atoms with Crippen LogP contribution in [0.2, 0.25) is 0 Å². The van der Waals surface area contributed by atoms with Crippen molar-refractivity contribution in [3.05, 3.63) is 42.1 Å². The molecule has 0 unspecified atom stereocenters. The van der Waals surface area contributed by atoms with Gasteiger partial charge in [-0.1, -0.05) is 6.07 Å². The second-order valence-electron chi connectivity index (χ2n) is 4.48. The summed E-state index contributed by atoms with van der Waals surface area (Å²) in [5.74, 6) is 1.73. The third-order valence-electron chi connectivity index (χ3n) is 2.56.